The van der Waals surface area contributed by atoms with E-state index in [-0.39, 0.29) is 45.2 Å². The molecule has 0 aromatic heterocycles. The largest absolute Gasteiger partial charge is 0.501 e. The number of alkyl halides is 6. The van der Waals surface area contributed by atoms with Gasteiger partial charge in [0.15, 0.2) is 0 Å². The van der Waals surface area contributed by atoms with Gasteiger partial charge in [-0.2, -0.15) is 26.3 Å². The molecule has 2 aliphatic rings. The van der Waals surface area contributed by atoms with Gasteiger partial charge in [-0.15, -0.1) is 0 Å². The third-order valence-electron chi connectivity index (χ3n) is 8.12. The monoisotopic (exact) mass is 672 g/mol. The van der Waals surface area contributed by atoms with Crippen LogP contribution in [0.2, 0.25) is 0 Å². The van der Waals surface area contributed by atoms with Crippen molar-refractivity contribution in [2.75, 3.05) is 0 Å². The summed E-state index contributed by atoms with van der Waals surface area (Å²) in [6.07, 6.45) is -0.974. The zero-order valence-corrected chi connectivity index (χ0v) is 24.9. The molecule has 16 heteroatoms. The van der Waals surface area contributed by atoms with Crippen molar-refractivity contribution in [1.29, 1.82) is 10.5 Å². The maximum Gasteiger partial charge on any atom is 0.501 e. The maximum absolute atomic E-state index is 14.0. The fourth-order valence-electron chi connectivity index (χ4n) is 6.05. The van der Waals surface area contributed by atoms with Crippen molar-refractivity contribution in [1.82, 2.24) is 0 Å². The molecule has 46 heavy (non-hydrogen) atoms. The summed E-state index contributed by atoms with van der Waals surface area (Å²) in [7, 11) is -13.5. The Morgan fingerprint density at radius 3 is 1.59 bits per heavy atom. The first-order valence-electron chi connectivity index (χ1n) is 12.7. The zero-order valence-electron chi connectivity index (χ0n) is 23.2. The van der Waals surface area contributed by atoms with Gasteiger partial charge in [0.2, 0.25) is 0 Å². The molecule has 0 saturated carbocycles. The lowest BCUT2D eigenvalue weighted by molar-refractivity contribution is -0.0456. The van der Waals surface area contributed by atoms with Crippen LogP contribution in [0.4, 0.5) is 26.3 Å². The molecule has 0 amide bonds. The van der Waals surface area contributed by atoms with Crippen LogP contribution in [0, 0.1) is 49.7 Å². The number of halogens is 6. The normalized spacial score (nSPS) is 14.9. The average Bonchev–Trinajstić information content (AvgIpc) is 3.54. The highest BCUT2D eigenvalue weighted by molar-refractivity contribution is 7.95. The zero-order chi connectivity index (χ0) is 34.3. The topological polar surface area (TPSA) is 125 Å². The molecule has 3 aromatic carbocycles. The molecule has 0 N–H and O–H groups in total. The van der Waals surface area contributed by atoms with Crippen LogP contribution < -0.4 is 10.4 Å². The lowest BCUT2D eigenvalue weighted by atomic mass is 9.90. The lowest BCUT2D eigenvalue weighted by Gasteiger charge is -2.18. The lowest BCUT2D eigenvalue weighted by Crippen LogP contribution is -2.30. The third-order valence-corrected chi connectivity index (χ3v) is 11.4. The number of rotatable bonds is 2. The van der Waals surface area contributed by atoms with Crippen LogP contribution in [0.1, 0.15) is 33.4 Å². The summed E-state index contributed by atoms with van der Waals surface area (Å²) in [4.78, 5) is 2.17. The number of hydrogen-bond donors (Lipinski definition) is 0. The molecule has 0 bridgehead atoms. The third kappa shape index (κ3) is 4.22. The Hall–Kier alpha value is -5.16. The van der Waals surface area contributed by atoms with Crippen LogP contribution in [-0.4, -0.2) is 27.9 Å². The molecule has 2 aliphatic carbocycles. The van der Waals surface area contributed by atoms with E-state index in [2.05, 4.69) is 9.69 Å². The van der Waals surface area contributed by atoms with Crippen molar-refractivity contribution in [3.63, 3.8) is 0 Å². The van der Waals surface area contributed by atoms with E-state index in [1.54, 1.807) is 31.2 Å². The Morgan fingerprint density at radius 2 is 1.15 bits per heavy atom. The first-order valence-corrected chi connectivity index (χ1v) is 15.7. The molecule has 0 saturated heterocycles. The van der Waals surface area contributed by atoms with Crippen LogP contribution in [0.25, 0.3) is 43.3 Å². The predicted molar refractivity (Wildman–Crippen MR) is 149 cm³/mol. The standard InChI is InChI=1S/C30H14F6N4O4S2/c1-13-5-6-15-17(14(13)2)9-19-24(15)27(22(12-38)40-4)20-10-18-16(25(20)26(19)21(11-37)39-3)7-8-23(45(41,42)29(31,32)33)28(18)46(43,44)30(34,35)36/h5-8H,9-10H2,1-2H3/b26-21+,27-22-. The van der Waals surface area contributed by atoms with E-state index >= 15 is 0 Å². The van der Waals surface area contributed by atoms with Gasteiger partial charge in [0.1, 0.15) is 0 Å². The molecular weight excluding hydrogens is 658 g/mol. The second-order valence-corrected chi connectivity index (χ2v) is 14.1. The molecule has 5 rings (SSSR count). The van der Waals surface area contributed by atoms with Crippen molar-refractivity contribution in [3.05, 3.63) is 90.9 Å². The highest BCUT2D eigenvalue weighted by atomic mass is 32.2. The fourth-order valence-corrected chi connectivity index (χ4v) is 8.64. The SMILES string of the molecule is [C-]#[N+]/C(C#N)=c1/c2c(/c(=C(\C#N)[N+]#[C-])c3c1-c1ccc(C)c(C)c1C3)-c1ccc(S(=O)(=O)C(F)(F)F)c(S(=O)(=O)C(F)(F)F)c1C2. The number of aryl methyl sites for hydroxylation is 1. The molecule has 8 nitrogen and oxygen atoms in total. The minimum atomic E-state index is -6.80. The molecule has 0 spiro atoms. The highest BCUT2D eigenvalue weighted by Crippen LogP contribution is 2.48. The van der Waals surface area contributed by atoms with E-state index in [1.807, 2.05) is 6.92 Å². The first kappa shape index (κ1) is 32.2. The minimum absolute atomic E-state index is 0.00871. The van der Waals surface area contributed by atoms with Crippen LogP contribution in [0.5, 0.6) is 0 Å². The maximum atomic E-state index is 14.0. The van der Waals surface area contributed by atoms with E-state index in [0.717, 1.165) is 11.1 Å². The van der Waals surface area contributed by atoms with E-state index in [1.165, 1.54) is 0 Å². The molecule has 0 unspecified atom stereocenters. The van der Waals surface area contributed by atoms with Crippen LogP contribution in [0.15, 0.2) is 34.1 Å². The molecule has 0 atom stereocenters. The highest BCUT2D eigenvalue weighted by Gasteiger charge is 2.55. The molecule has 232 valence electrons. The summed E-state index contributed by atoms with van der Waals surface area (Å²) in [5.41, 5.74) is -12.5. The molecule has 0 aliphatic heterocycles. The summed E-state index contributed by atoms with van der Waals surface area (Å²) >= 11 is 0. The van der Waals surface area contributed by atoms with Crippen molar-refractivity contribution >= 4 is 31.1 Å². The second kappa shape index (κ2) is 10.2. The number of nitriles is 2. The summed E-state index contributed by atoms with van der Waals surface area (Å²) < 4.78 is 134. The Kier molecular flexibility index (Phi) is 7.13. The number of sulfone groups is 2. The van der Waals surface area contributed by atoms with E-state index in [0.29, 0.717) is 17.2 Å². The summed E-state index contributed by atoms with van der Waals surface area (Å²) in [5, 5.41) is 19.5. The fraction of sp³-hybridized carbons (Fsp3) is 0.200. The van der Waals surface area contributed by atoms with Gasteiger partial charge in [0.05, 0.1) is 35.1 Å². The number of fused-ring (bicyclic) bond motifs is 6. The van der Waals surface area contributed by atoms with Gasteiger partial charge in [-0.1, -0.05) is 18.2 Å². The summed E-state index contributed by atoms with van der Waals surface area (Å²) in [6.45, 7) is 18.9. The van der Waals surface area contributed by atoms with Gasteiger partial charge in [-0.25, -0.2) is 37.0 Å². The summed E-state index contributed by atoms with van der Waals surface area (Å²) in [6, 6.07) is 7.51. The minimum Gasteiger partial charge on any atom is -0.226 e. The first-order chi connectivity index (χ1) is 21.3. The quantitative estimate of drug-likeness (QED) is 0.189. The van der Waals surface area contributed by atoms with Crippen molar-refractivity contribution < 1.29 is 43.2 Å². The smallest absolute Gasteiger partial charge is 0.226 e. The van der Waals surface area contributed by atoms with Crippen molar-refractivity contribution in [3.8, 4) is 34.4 Å². The van der Waals surface area contributed by atoms with Gasteiger partial charge in [-0.3, -0.25) is 0 Å². The van der Waals surface area contributed by atoms with Gasteiger partial charge >= 0.3 is 11.0 Å². The number of benzene rings is 3. The Labute approximate surface area is 257 Å². The molecule has 0 heterocycles. The average molecular weight is 673 g/mol. The van der Waals surface area contributed by atoms with Crippen LogP contribution in [-0.2, 0) is 32.5 Å². The van der Waals surface area contributed by atoms with Gasteiger partial charge in [0, 0.05) is 10.4 Å². The molecule has 0 fully saturated rings. The molecule has 0 radical (unpaired) electrons. The van der Waals surface area contributed by atoms with Crippen molar-refractivity contribution in [2.24, 2.45) is 0 Å². The van der Waals surface area contributed by atoms with Crippen molar-refractivity contribution in [2.45, 2.75) is 47.5 Å². The number of hydrogen-bond acceptors (Lipinski definition) is 6. The van der Waals surface area contributed by atoms with E-state index < -0.39 is 69.4 Å². The Morgan fingerprint density at radius 1 is 0.717 bits per heavy atom. The predicted octanol–water partition coefficient (Wildman–Crippen LogP) is 5.13. The van der Waals surface area contributed by atoms with Gasteiger partial charge in [-0.05, 0) is 88.4 Å². The van der Waals surface area contributed by atoms with Crippen LogP contribution in [0.3, 0.4) is 0 Å². The Balaban J connectivity index is 2.13. The second-order valence-electron chi connectivity index (χ2n) is 10.3. The van der Waals surface area contributed by atoms with Crippen LogP contribution >= 0.6 is 0 Å². The van der Waals surface area contributed by atoms with Gasteiger partial charge in [0.25, 0.3) is 31.1 Å². The summed E-state index contributed by atoms with van der Waals surface area (Å²) in [5.74, 6) is 0. The van der Waals surface area contributed by atoms with E-state index in [4.69, 9.17) is 13.1 Å². The van der Waals surface area contributed by atoms with Gasteiger partial charge < -0.3 is 0 Å². The number of nitrogens with zero attached hydrogens (tertiary/aromatic N) is 4. The van der Waals surface area contributed by atoms with E-state index in [9.17, 15) is 53.7 Å². The molecular formula is C30H14F6N4O4S2. The molecule has 3 aromatic rings. The Bertz CT molecular complexity index is 2460.